The number of hydrogen-bond donors (Lipinski definition) is 0. The van der Waals surface area contributed by atoms with E-state index in [1.807, 2.05) is 0 Å². The van der Waals surface area contributed by atoms with Crippen molar-refractivity contribution in [2.45, 2.75) is 40.5 Å². The molecule has 34 heavy (non-hydrogen) atoms. The topological polar surface area (TPSA) is 29.9 Å². The molecule has 0 aliphatic heterocycles. The summed E-state index contributed by atoms with van der Waals surface area (Å²) in [6, 6.07) is 19.8. The van der Waals surface area contributed by atoms with Crippen LogP contribution < -0.4 is 4.57 Å². The molecule has 3 heteroatoms. The summed E-state index contributed by atoms with van der Waals surface area (Å²) in [5.41, 5.74) is 8.80. The second kappa shape index (κ2) is 7.39. The van der Waals surface area contributed by atoms with Crippen molar-refractivity contribution in [1.82, 2.24) is 4.98 Å². The molecule has 0 amide bonds. The normalized spacial score (nSPS) is 12.1. The first kappa shape index (κ1) is 20.9. The van der Waals surface area contributed by atoms with E-state index >= 15 is 0 Å². The van der Waals surface area contributed by atoms with E-state index in [0.29, 0.717) is 11.6 Å². The van der Waals surface area contributed by atoms with Crippen LogP contribution in [0.5, 0.6) is 0 Å². The van der Waals surface area contributed by atoms with Crippen molar-refractivity contribution in [2.75, 3.05) is 0 Å². The minimum Gasteiger partial charge on any atom is -0.437 e. The van der Waals surface area contributed by atoms with Gasteiger partial charge in [-0.05, 0) is 66.3 Å². The Balaban J connectivity index is 1.79. The Morgan fingerprint density at radius 2 is 1.62 bits per heavy atom. The number of fused-ring (bicyclic) bond motifs is 6. The van der Waals surface area contributed by atoms with E-state index in [1.165, 1.54) is 43.9 Å². The van der Waals surface area contributed by atoms with Gasteiger partial charge in [0.1, 0.15) is 7.05 Å². The zero-order valence-electron chi connectivity index (χ0n) is 20.7. The van der Waals surface area contributed by atoms with Gasteiger partial charge >= 0.3 is 0 Å². The van der Waals surface area contributed by atoms with Gasteiger partial charge in [-0.3, -0.25) is 0 Å². The molecular formula is C31H29N2O+. The summed E-state index contributed by atoms with van der Waals surface area (Å²) in [5, 5.41) is 7.09. The Hall–Kier alpha value is -3.72. The molecule has 0 radical (unpaired) electrons. The van der Waals surface area contributed by atoms with Crippen molar-refractivity contribution < 1.29 is 8.98 Å². The van der Waals surface area contributed by atoms with Gasteiger partial charge in [0.2, 0.25) is 11.4 Å². The fourth-order valence-electron chi connectivity index (χ4n) is 5.36. The SMILES string of the molecule is Cc1cc2c(oc3nc(C)c4ccccc4c32)c(-c2c3ccc(C(C)C)cc3cc[n+]2C)c1C. The molecule has 6 aromatic rings. The number of aromatic nitrogens is 2. The predicted octanol–water partition coefficient (Wildman–Crippen LogP) is 7.83. The highest BCUT2D eigenvalue weighted by Crippen LogP contribution is 2.42. The van der Waals surface area contributed by atoms with E-state index in [4.69, 9.17) is 9.40 Å². The maximum atomic E-state index is 6.60. The molecule has 0 fully saturated rings. The van der Waals surface area contributed by atoms with Crippen LogP contribution in [-0.2, 0) is 7.05 Å². The van der Waals surface area contributed by atoms with Gasteiger partial charge in [-0.25, -0.2) is 9.55 Å². The van der Waals surface area contributed by atoms with E-state index < -0.39 is 0 Å². The molecule has 0 aliphatic carbocycles. The van der Waals surface area contributed by atoms with Crippen LogP contribution in [0.2, 0.25) is 0 Å². The lowest BCUT2D eigenvalue weighted by Gasteiger charge is -2.12. The first-order valence-corrected chi connectivity index (χ1v) is 12.0. The number of benzene rings is 3. The molecule has 0 N–H and O–H groups in total. The van der Waals surface area contributed by atoms with Crippen molar-refractivity contribution in [3.8, 4) is 11.3 Å². The predicted molar refractivity (Wildman–Crippen MR) is 141 cm³/mol. The molecule has 3 aromatic carbocycles. The standard InChI is InChI=1S/C31H29N2O/c1-17(2)21-11-12-24-22(16-21)13-14-33(6)29(24)27-19(4)18(3)15-26-28-25-10-8-7-9-23(25)20(5)32-31(28)34-30(26)27/h7-17H,1-6H3/q+1. The van der Waals surface area contributed by atoms with Crippen LogP contribution in [0.15, 0.2) is 65.2 Å². The highest BCUT2D eigenvalue weighted by Gasteiger charge is 2.26. The third kappa shape index (κ3) is 2.89. The van der Waals surface area contributed by atoms with Crippen molar-refractivity contribution in [1.29, 1.82) is 0 Å². The average molecular weight is 446 g/mol. The number of pyridine rings is 2. The first-order valence-electron chi connectivity index (χ1n) is 12.0. The summed E-state index contributed by atoms with van der Waals surface area (Å²) >= 11 is 0. The fraction of sp³-hybridized carbons (Fsp3) is 0.226. The summed E-state index contributed by atoms with van der Waals surface area (Å²) in [7, 11) is 2.12. The maximum Gasteiger partial charge on any atom is 0.228 e. The van der Waals surface area contributed by atoms with Crippen molar-refractivity contribution >= 4 is 43.6 Å². The van der Waals surface area contributed by atoms with Gasteiger partial charge in [-0.1, -0.05) is 50.2 Å². The van der Waals surface area contributed by atoms with E-state index in [-0.39, 0.29) is 0 Å². The lowest BCUT2D eigenvalue weighted by Crippen LogP contribution is -2.31. The number of furan rings is 1. The Labute approximate surface area is 199 Å². The zero-order valence-corrected chi connectivity index (χ0v) is 20.7. The molecule has 0 saturated heterocycles. The average Bonchev–Trinajstić information content (AvgIpc) is 3.18. The van der Waals surface area contributed by atoms with Crippen LogP contribution in [0, 0.1) is 20.8 Å². The number of nitrogens with zero attached hydrogens (tertiary/aromatic N) is 2. The Bertz CT molecular complexity index is 1770. The fourth-order valence-corrected chi connectivity index (χ4v) is 5.36. The van der Waals surface area contributed by atoms with Crippen molar-refractivity contribution in [2.24, 2.45) is 7.05 Å². The van der Waals surface area contributed by atoms with Gasteiger partial charge in [0.15, 0.2) is 11.8 Å². The van der Waals surface area contributed by atoms with E-state index in [1.54, 1.807) is 0 Å². The highest BCUT2D eigenvalue weighted by atomic mass is 16.3. The van der Waals surface area contributed by atoms with Gasteiger partial charge < -0.3 is 4.42 Å². The largest absolute Gasteiger partial charge is 0.437 e. The number of hydrogen-bond acceptors (Lipinski definition) is 2. The number of rotatable bonds is 2. The summed E-state index contributed by atoms with van der Waals surface area (Å²) < 4.78 is 8.83. The molecule has 0 spiro atoms. The third-order valence-corrected chi connectivity index (χ3v) is 7.40. The van der Waals surface area contributed by atoms with Crippen LogP contribution in [-0.4, -0.2) is 4.98 Å². The molecule has 6 rings (SSSR count). The smallest absolute Gasteiger partial charge is 0.228 e. The number of aryl methyl sites for hydroxylation is 3. The first-order chi connectivity index (χ1) is 16.3. The van der Waals surface area contributed by atoms with E-state index in [2.05, 4.69) is 107 Å². The molecular weight excluding hydrogens is 416 g/mol. The highest BCUT2D eigenvalue weighted by molar-refractivity contribution is 6.21. The Morgan fingerprint density at radius 3 is 2.38 bits per heavy atom. The van der Waals surface area contributed by atoms with Gasteiger partial charge in [-0.15, -0.1) is 0 Å². The maximum absolute atomic E-state index is 6.60. The molecule has 0 saturated carbocycles. The lowest BCUT2D eigenvalue weighted by molar-refractivity contribution is -0.659. The van der Waals surface area contributed by atoms with Crippen LogP contribution in [0.25, 0.3) is 54.9 Å². The van der Waals surface area contributed by atoms with Crippen LogP contribution >= 0.6 is 0 Å². The van der Waals surface area contributed by atoms with Gasteiger partial charge in [-0.2, -0.15) is 0 Å². The van der Waals surface area contributed by atoms with Crippen molar-refractivity contribution in [3.63, 3.8) is 0 Å². The zero-order chi connectivity index (χ0) is 23.7. The van der Waals surface area contributed by atoms with Gasteiger partial charge in [0.05, 0.1) is 16.3 Å². The molecule has 3 nitrogen and oxygen atoms in total. The molecule has 0 aliphatic rings. The van der Waals surface area contributed by atoms with Gasteiger partial charge in [0, 0.05) is 22.5 Å². The monoisotopic (exact) mass is 445 g/mol. The summed E-state index contributed by atoms with van der Waals surface area (Å²) in [5.74, 6) is 0.493. The van der Waals surface area contributed by atoms with E-state index in [9.17, 15) is 0 Å². The van der Waals surface area contributed by atoms with E-state index in [0.717, 1.165) is 27.6 Å². The van der Waals surface area contributed by atoms with Crippen molar-refractivity contribution in [3.05, 3.63) is 83.2 Å². The van der Waals surface area contributed by atoms with Crippen LogP contribution in [0.1, 0.15) is 42.1 Å². The molecule has 3 aromatic heterocycles. The van der Waals surface area contributed by atoms with Crippen LogP contribution in [0.4, 0.5) is 0 Å². The minimum absolute atomic E-state index is 0.493. The Morgan fingerprint density at radius 1 is 0.853 bits per heavy atom. The molecule has 0 atom stereocenters. The van der Waals surface area contributed by atoms with Gasteiger partial charge in [0.25, 0.3) is 0 Å². The quantitative estimate of drug-likeness (QED) is 0.254. The molecule has 3 heterocycles. The minimum atomic E-state index is 0.493. The molecule has 0 unspecified atom stereocenters. The lowest BCUT2D eigenvalue weighted by atomic mass is 9.92. The summed E-state index contributed by atoms with van der Waals surface area (Å²) in [6.07, 6.45) is 2.16. The molecule has 168 valence electrons. The van der Waals surface area contributed by atoms with Crippen LogP contribution in [0.3, 0.4) is 0 Å². The third-order valence-electron chi connectivity index (χ3n) is 7.40. The Kier molecular flexibility index (Phi) is 4.54. The second-order valence-electron chi connectivity index (χ2n) is 9.87. The summed E-state index contributed by atoms with van der Waals surface area (Å²) in [4.78, 5) is 4.88. The summed E-state index contributed by atoms with van der Waals surface area (Å²) in [6.45, 7) is 10.9. The molecule has 0 bridgehead atoms. The second-order valence-corrected chi connectivity index (χ2v) is 9.87.